The number of nitrogens with zero attached hydrogens (tertiary/aromatic N) is 1. The molecule has 1 unspecified atom stereocenters. The molecule has 166 valence electrons. The van der Waals surface area contributed by atoms with E-state index in [9.17, 15) is 14.7 Å². The Morgan fingerprint density at radius 3 is 2.52 bits per heavy atom. The lowest BCUT2D eigenvalue weighted by Crippen LogP contribution is -2.30. The highest BCUT2D eigenvalue weighted by Crippen LogP contribution is 2.42. The summed E-state index contributed by atoms with van der Waals surface area (Å²) < 4.78 is 5.50. The van der Waals surface area contributed by atoms with Crippen molar-refractivity contribution < 1.29 is 19.4 Å². The maximum atomic E-state index is 13.0. The minimum Gasteiger partial charge on any atom is -0.507 e. The minimum absolute atomic E-state index is 0.136. The van der Waals surface area contributed by atoms with Crippen LogP contribution in [0.1, 0.15) is 69.0 Å². The molecule has 1 N–H and O–H groups in total. The van der Waals surface area contributed by atoms with Gasteiger partial charge in [-0.05, 0) is 41.5 Å². The van der Waals surface area contributed by atoms with E-state index < -0.39 is 17.7 Å². The summed E-state index contributed by atoms with van der Waals surface area (Å²) in [6, 6.07) is 8.64. The average molecular weight is 442 g/mol. The van der Waals surface area contributed by atoms with Gasteiger partial charge < -0.3 is 14.7 Å². The zero-order chi connectivity index (χ0) is 22.8. The highest BCUT2D eigenvalue weighted by Gasteiger charge is 2.46. The Labute approximate surface area is 188 Å². The van der Waals surface area contributed by atoms with Gasteiger partial charge in [-0.1, -0.05) is 46.6 Å². The van der Waals surface area contributed by atoms with Gasteiger partial charge >= 0.3 is 0 Å². The summed E-state index contributed by atoms with van der Waals surface area (Å²) in [5.74, 6) is -0.581. The fourth-order valence-electron chi connectivity index (χ4n) is 3.98. The first-order valence-corrected chi connectivity index (χ1v) is 11.6. The Balaban J connectivity index is 2.13. The number of benzene rings is 1. The fraction of sp³-hybridized carbons (Fsp3) is 0.440. The van der Waals surface area contributed by atoms with Crippen molar-refractivity contribution in [2.45, 2.75) is 58.4 Å². The molecule has 0 saturated carbocycles. The molecule has 1 aromatic carbocycles. The topological polar surface area (TPSA) is 66.8 Å². The van der Waals surface area contributed by atoms with Gasteiger partial charge in [0.15, 0.2) is 0 Å². The van der Waals surface area contributed by atoms with E-state index in [-0.39, 0.29) is 16.7 Å². The summed E-state index contributed by atoms with van der Waals surface area (Å²) in [6.45, 7) is 8.78. The fourth-order valence-corrected chi connectivity index (χ4v) is 4.83. The number of aliphatic hydroxyl groups is 1. The summed E-state index contributed by atoms with van der Waals surface area (Å²) in [4.78, 5) is 28.4. The molecule has 2 heterocycles. The molecule has 1 aliphatic heterocycles. The van der Waals surface area contributed by atoms with Crippen molar-refractivity contribution in [2.24, 2.45) is 0 Å². The van der Waals surface area contributed by atoms with Crippen molar-refractivity contribution in [1.29, 1.82) is 0 Å². The lowest BCUT2D eigenvalue weighted by Gasteiger charge is -2.25. The highest BCUT2D eigenvalue weighted by molar-refractivity contribution is 7.10. The number of carbonyl (C=O) groups excluding carboxylic acids is 2. The van der Waals surface area contributed by atoms with Gasteiger partial charge in [0.1, 0.15) is 11.5 Å². The van der Waals surface area contributed by atoms with Crippen molar-refractivity contribution in [2.75, 3.05) is 13.7 Å². The van der Waals surface area contributed by atoms with Crippen LogP contribution in [0.2, 0.25) is 0 Å². The molecule has 0 spiro atoms. The van der Waals surface area contributed by atoms with E-state index in [1.807, 2.05) is 23.6 Å². The maximum absolute atomic E-state index is 13.0. The Morgan fingerprint density at radius 2 is 1.94 bits per heavy atom. The van der Waals surface area contributed by atoms with E-state index in [4.69, 9.17) is 4.74 Å². The summed E-state index contributed by atoms with van der Waals surface area (Å²) in [5.41, 5.74) is 1.37. The van der Waals surface area contributed by atoms with Crippen molar-refractivity contribution in [3.63, 3.8) is 0 Å². The molecule has 1 aliphatic rings. The number of methoxy groups -OCH3 is 1. The standard InChI is InChI=1S/C25H31NO4S/c1-6-7-8-13-26-21(19-10-9-14-31-19)20(23(28)24(26)29)22(27)16-11-12-18(30-5)17(15-16)25(2,3)4/h9-12,14-15,21,27H,6-8,13H2,1-5H3/b22-20-. The first-order valence-electron chi connectivity index (χ1n) is 10.7. The summed E-state index contributed by atoms with van der Waals surface area (Å²) in [6.07, 6.45) is 2.82. The van der Waals surface area contributed by atoms with Gasteiger partial charge in [-0.3, -0.25) is 9.59 Å². The zero-order valence-corrected chi connectivity index (χ0v) is 19.7. The number of aliphatic hydroxyl groups excluding tert-OH is 1. The lowest BCUT2D eigenvalue weighted by molar-refractivity contribution is -0.139. The van der Waals surface area contributed by atoms with Crippen LogP contribution < -0.4 is 4.74 Å². The quantitative estimate of drug-likeness (QED) is 0.260. The third-order valence-corrected chi connectivity index (χ3v) is 6.56. The molecule has 0 bridgehead atoms. The van der Waals surface area contributed by atoms with Gasteiger partial charge in [-0.25, -0.2) is 0 Å². The number of hydrogen-bond acceptors (Lipinski definition) is 5. The number of hydrogen-bond donors (Lipinski definition) is 1. The molecular formula is C25H31NO4S. The van der Waals surface area contributed by atoms with Crippen LogP contribution in [0.3, 0.4) is 0 Å². The third-order valence-electron chi connectivity index (χ3n) is 5.64. The van der Waals surface area contributed by atoms with Crippen molar-refractivity contribution in [3.05, 3.63) is 57.3 Å². The van der Waals surface area contributed by atoms with E-state index in [0.29, 0.717) is 12.1 Å². The Hall–Kier alpha value is -2.60. The maximum Gasteiger partial charge on any atom is 0.295 e. The van der Waals surface area contributed by atoms with E-state index in [2.05, 4.69) is 27.7 Å². The van der Waals surface area contributed by atoms with Gasteiger partial charge in [-0.2, -0.15) is 0 Å². The van der Waals surface area contributed by atoms with Gasteiger partial charge in [0.05, 0.1) is 18.7 Å². The molecule has 2 aromatic rings. The van der Waals surface area contributed by atoms with E-state index >= 15 is 0 Å². The van der Waals surface area contributed by atoms with E-state index in [0.717, 1.165) is 35.5 Å². The predicted molar refractivity (Wildman–Crippen MR) is 125 cm³/mol. The second-order valence-corrected chi connectivity index (χ2v) is 9.86. The van der Waals surface area contributed by atoms with Gasteiger partial charge in [0, 0.05) is 22.5 Å². The van der Waals surface area contributed by atoms with Crippen LogP contribution in [0.25, 0.3) is 5.76 Å². The molecule has 1 atom stereocenters. The van der Waals surface area contributed by atoms with Crippen LogP contribution in [0.15, 0.2) is 41.3 Å². The average Bonchev–Trinajstić information content (AvgIpc) is 3.35. The lowest BCUT2D eigenvalue weighted by atomic mass is 9.84. The number of thiophene rings is 1. The highest BCUT2D eigenvalue weighted by atomic mass is 32.1. The van der Waals surface area contributed by atoms with Crippen LogP contribution in [0, 0.1) is 0 Å². The minimum atomic E-state index is -0.625. The Bertz CT molecular complexity index is 985. The number of rotatable bonds is 7. The van der Waals surface area contributed by atoms with E-state index in [1.54, 1.807) is 24.1 Å². The summed E-state index contributed by atoms with van der Waals surface area (Å²) in [5, 5.41) is 13.2. The predicted octanol–water partition coefficient (Wildman–Crippen LogP) is 5.67. The summed E-state index contributed by atoms with van der Waals surface area (Å²) in [7, 11) is 1.61. The molecular weight excluding hydrogens is 410 g/mol. The molecule has 1 saturated heterocycles. The van der Waals surface area contributed by atoms with Crippen molar-refractivity contribution >= 4 is 28.8 Å². The first kappa shape index (κ1) is 23.1. The van der Waals surface area contributed by atoms with Crippen LogP contribution in [-0.2, 0) is 15.0 Å². The molecule has 31 heavy (non-hydrogen) atoms. The zero-order valence-electron chi connectivity index (χ0n) is 18.9. The molecule has 5 nitrogen and oxygen atoms in total. The van der Waals surface area contributed by atoms with Gasteiger partial charge in [0.2, 0.25) is 0 Å². The molecule has 1 fully saturated rings. The number of carbonyl (C=O) groups is 2. The molecule has 1 aromatic heterocycles. The van der Waals surface area contributed by atoms with Gasteiger partial charge in [0.25, 0.3) is 11.7 Å². The second kappa shape index (κ2) is 9.27. The van der Waals surface area contributed by atoms with Crippen LogP contribution in [-0.4, -0.2) is 35.4 Å². The number of ether oxygens (including phenoxy) is 1. The first-order chi connectivity index (χ1) is 14.7. The van der Waals surface area contributed by atoms with Crippen molar-refractivity contribution in [3.8, 4) is 5.75 Å². The number of likely N-dealkylation sites (tertiary alicyclic amines) is 1. The normalized spacial score (nSPS) is 18.6. The molecule has 3 rings (SSSR count). The third kappa shape index (κ3) is 4.54. The van der Waals surface area contributed by atoms with Crippen LogP contribution in [0.4, 0.5) is 0 Å². The molecule has 6 heteroatoms. The molecule has 0 radical (unpaired) electrons. The Morgan fingerprint density at radius 1 is 1.19 bits per heavy atom. The molecule has 0 aliphatic carbocycles. The van der Waals surface area contributed by atoms with Crippen LogP contribution >= 0.6 is 11.3 Å². The summed E-state index contributed by atoms with van der Waals surface area (Å²) >= 11 is 1.49. The van der Waals surface area contributed by atoms with E-state index in [1.165, 1.54) is 11.3 Å². The number of Topliss-reactive ketones (excluding diaryl/α,β-unsaturated/α-hetero) is 1. The second-order valence-electron chi connectivity index (χ2n) is 8.88. The smallest absolute Gasteiger partial charge is 0.295 e. The Kier molecular flexibility index (Phi) is 6.90. The van der Waals surface area contributed by atoms with Crippen molar-refractivity contribution in [1.82, 2.24) is 4.90 Å². The SMILES string of the molecule is CCCCCN1C(=O)C(=O)/C(=C(\O)c2ccc(OC)c(C(C)(C)C)c2)C1c1cccs1. The number of amides is 1. The number of unbranched alkanes of at least 4 members (excludes halogenated alkanes) is 2. The van der Waals surface area contributed by atoms with Gasteiger partial charge in [-0.15, -0.1) is 11.3 Å². The number of ketones is 1. The monoisotopic (exact) mass is 441 g/mol. The van der Waals surface area contributed by atoms with Crippen LogP contribution in [0.5, 0.6) is 5.75 Å². The largest absolute Gasteiger partial charge is 0.507 e. The molecule has 1 amide bonds.